The van der Waals surface area contributed by atoms with E-state index in [4.69, 9.17) is 9.47 Å². The van der Waals surface area contributed by atoms with Crippen molar-refractivity contribution in [1.82, 2.24) is 0 Å². The largest absolute Gasteiger partial charge is 0.481 e. The number of aliphatic carboxylic acids is 1. The van der Waals surface area contributed by atoms with Crippen molar-refractivity contribution in [2.75, 3.05) is 6.61 Å². The van der Waals surface area contributed by atoms with E-state index in [9.17, 15) is 9.90 Å². The molecule has 106 valence electrons. The highest BCUT2D eigenvalue weighted by atomic mass is 16.5. The zero-order valence-corrected chi connectivity index (χ0v) is 11.3. The third-order valence-corrected chi connectivity index (χ3v) is 6.13. The number of fused-ring (bicyclic) bond motifs is 2. The Morgan fingerprint density at radius 2 is 2.00 bits per heavy atom. The van der Waals surface area contributed by atoms with E-state index in [0.717, 1.165) is 51.6 Å². The Bertz CT molecular complexity index is 403. The Balaban J connectivity index is 1.63. The number of hydrogen-bond donors (Lipinski definition) is 1. The molecular weight excluding hydrogens is 244 g/mol. The van der Waals surface area contributed by atoms with Crippen LogP contribution in [0.5, 0.6) is 0 Å². The smallest absolute Gasteiger partial charge is 0.312 e. The number of ether oxygens (including phenoxy) is 2. The van der Waals surface area contributed by atoms with Crippen LogP contribution in [0.2, 0.25) is 0 Å². The lowest BCUT2D eigenvalue weighted by atomic mass is 9.59. The van der Waals surface area contributed by atoms with Crippen LogP contribution in [0.3, 0.4) is 0 Å². The predicted octanol–water partition coefficient (Wildman–Crippen LogP) is 2.36. The fraction of sp³-hybridized carbons (Fsp3) is 0.933. The summed E-state index contributed by atoms with van der Waals surface area (Å²) in [5, 5.41) is 9.88. The van der Waals surface area contributed by atoms with Crippen molar-refractivity contribution in [3.8, 4) is 0 Å². The van der Waals surface area contributed by atoms with Crippen molar-refractivity contribution < 1.29 is 19.4 Å². The van der Waals surface area contributed by atoms with Crippen molar-refractivity contribution in [3.63, 3.8) is 0 Å². The van der Waals surface area contributed by atoms with Crippen LogP contribution in [-0.4, -0.2) is 35.5 Å². The van der Waals surface area contributed by atoms with Gasteiger partial charge in [0, 0.05) is 6.61 Å². The Labute approximate surface area is 113 Å². The molecule has 1 spiro atoms. The number of carbonyl (C=O) groups is 1. The van der Waals surface area contributed by atoms with Gasteiger partial charge in [-0.25, -0.2) is 0 Å². The van der Waals surface area contributed by atoms with E-state index in [0.29, 0.717) is 0 Å². The molecule has 19 heavy (non-hydrogen) atoms. The summed E-state index contributed by atoms with van der Waals surface area (Å²) in [4.78, 5) is 12.0. The van der Waals surface area contributed by atoms with Gasteiger partial charge in [0.15, 0.2) is 0 Å². The number of hydrogen-bond acceptors (Lipinski definition) is 3. The maximum Gasteiger partial charge on any atom is 0.312 e. The topological polar surface area (TPSA) is 55.8 Å². The van der Waals surface area contributed by atoms with E-state index in [1.807, 2.05) is 0 Å². The molecule has 1 N–H and O–H groups in total. The zero-order valence-electron chi connectivity index (χ0n) is 11.3. The zero-order chi connectivity index (χ0) is 13.1. The van der Waals surface area contributed by atoms with Crippen LogP contribution >= 0.6 is 0 Å². The second-order valence-corrected chi connectivity index (χ2v) is 6.95. The lowest BCUT2D eigenvalue weighted by Gasteiger charge is -2.51. The highest BCUT2D eigenvalue weighted by Gasteiger charge is 2.63. The summed E-state index contributed by atoms with van der Waals surface area (Å²) in [5.41, 5.74) is -0.595. The first kappa shape index (κ1) is 12.2. The molecule has 3 aliphatic heterocycles. The maximum absolute atomic E-state index is 12.0. The van der Waals surface area contributed by atoms with E-state index in [1.165, 1.54) is 6.42 Å². The molecule has 4 atom stereocenters. The standard InChI is InChI=1S/C15H22O4/c16-13(17)15(9-11-2-3-12(15)19-11)10-4-7-18-14(8-10)5-1-6-14/h10-12H,1-9H2,(H,16,17). The molecule has 4 rings (SSSR count). The molecule has 4 heteroatoms. The van der Waals surface area contributed by atoms with Crippen molar-refractivity contribution in [3.05, 3.63) is 0 Å². The Morgan fingerprint density at radius 1 is 1.16 bits per heavy atom. The lowest BCUT2D eigenvalue weighted by Crippen LogP contribution is -2.54. The highest BCUT2D eigenvalue weighted by molar-refractivity contribution is 5.77. The van der Waals surface area contributed by atoms with E-state index in [2.05, 4.69) is 0 Å². The van der Waals surface area contributed by atoms with Crippen LogP contribution < -0.4 is 0 Å². The molecule has 1 aliphatic carbocycles. The van der Waals surface area contributed by atoms with Crippen molar-refractivity contribution in [1.29, 1.82) is 0 Å². The molecule has 3 heterocycles. The molecule has 0 amide bonds. The van der Waals surface area contributed by atoms with E-state index < -0.39 is 11.4 Å². The summed E-state index contributed by atoms with van der Waals surface area (Å²) >= 11 is 0. The minimum Gasteiger partial charge on any atom is -0.481 e. The molecule has 4 unspecified atom stereocenters. The predicted molar refractivity (Wildman–Crippen MR) is 67.8 cm³/mol. The third-order valence-electron chi connectivity index (χ3n) is 6.13. The van der Waals surface area contributed by atoms with Gasteiger partial charge in [0.2, 0.25) is 0 Å². The minimum absolute atomic E-state index is 0.0210. The van der Waals surface area contributed by atoms with Gasteiger partial charge in [-0.15, -0.1) is 0 Å². The minimum atomic E-state index is -0.624. The van der Waals surface area contributed by atoms with Gasteiger partial charge in [0.25, 0.3) is 0 Å². The van der Waals surface area contributed by atoms with Crippen LogP contribution in [0.1, 0.15) is 51.4 Å². The second-order valence-electron chi connectivity index (χ2n) is 6.95. The monoisotopic (exact) mass is 266 g/mol. The summed E-state index contributed by atoms with van der Waals surface area (Å²) in [6, 6.07) is 0. The normalized spacial score (nSPS) is 47.3. The lowest BCUT2D eigenvalue weighted by molar-refractivity contribution is -0.182. The fourth-order valence-electron chi connectivity index (χ4n) is 4.96. The summed E-state index contributed by atoms with van der Waals surface area (Å²) < 4.78 is 11.9. The van der Waals surface area contributed by atoms with Gasteiger partial charge in [-0.3, -0.25) is 4.79 Å². The van der Waals surface area contributed by atoms with Crippen LogP contribution in [0, 0.1) is 11.3 Å². The van der Waals surface area contributed by atoms with Gasteiger partial charge in [-0.05, 0) is 57.3 Å². The van der Waals surface area contributed by atoms with E-state index >= 15 is 0 Å². The first-order valence-electron chi connectivity index (χ1n) is 7.67. The van der Waals surface area contributed by atoms with Gasteiger partial charge in [0.1, 0.15) is 0 Å². The number of rotatable bonds is 2. The first-order valence-corrected chi connectivity index (χ1v) is 7.67. The second kappa shape index (κ2) is 3.95. The van der Waals surface area contributed by atoms with Crippen LogP contribution in [0.15, 0.2) is 0 Å². The SMILES string of the molecule is O=C(O)C1(C2CCOC3(CCC3)C2)CC2CCC1O2. The molecule has 2 bridgehead atoms. The average molecular weight is 266 g/mol. The van der Waals surface area contributed by atoms with Crippen LogP contribution in [-0.2, 0) is 14.3 Å². The Kier molecular flexibility index (Phi) is 2.53. The highest BCUT2D eigenvalue weighted by Crippen LogP contribution is 2.58. The first-order chi connectivity index (χ1) is 9.15. The van der Waals surface area contributed by atoms with E-state index in [-0.39, 0.29) is 23.7 Å². The third kappa shape index (κ3) is 1.56. The van der Waals surface area contributed by atoms with Gasteiger partial charge >= 0.3 is 5.97 Å². The molecule has 4 nitrogen and oxygen atoms in total. The van der Waals surface area contributed by atoms with E-state index in [1.54, 1.807) is 0 Å². The molecule has 0 aromatic heterocycles. The summed E-state index contributed by atoms with van der Waals surface area (Å²) in [7, 11) is 0. The van der Waals surface area contributed by atoms with Crippen molar-refractivity contribution >= 4 is 5.97 Å². The molecule has 3 saturated heterocycles. The van der Waals surface area contributed by atoms with Crippen molar-refractivity contribution in [2.24, 2.45) is 11.3 Å². The Hall–Kier alpha value is -0.610. The average Bonchev–Trinajstić information content (AvgIpc) is 2.97. The molecule has 0 aromatic carbocycles. The van der Waals surface area contributed by atoms with Crippen molar-refractivity contribution in [2.45, 2.75) is 69.2 Å². The summed E-state index contributed by atoms with van der Waals surface area (Å²) in [6.07, 6.45) is 8.16. The molecular formula is C15H22O4. The quantitative estimate of drug-likeness (QED) is 0.833. The molecule has 4 aliphatic rings. The number of carboxylic acids is 1. The molecule has 4 fully saturated rings. The number of carboxylic acid groups (broad SMARTS) is 1. The summed E-state index contributed by atoms with van der Waals surface area (Å²) in [6.45, 7) is 0.733. The van der Waals surface area contributed by atoms with Crippen LogP contribution in [0.25, 0.3) is 0 Å². The van der Waals surface area contributed by atoms with Gasteiger partial charge in [0.05, 0.1) is 23.2 Å². The molecule has 1 saturated carbocycles. The molecule has 0 radical (unpaired) electrons. The maximum atomic E-state index is 12.0. The molecule has 0 aromatic rings. The van der Waals surface area contributed by atoms with Gasteiger partial charge in [-0.2, -0.15) is 0 Å². The fourth-order valence-corrected chi connectivity index (χ4v) is 4.96. The van der Waals surface area contributed by atoms with Gasteiger partial charge in [-0.1, -0.05) is 0 Å². The Morgan fingerprint density at radius 3 is 2.53 bits per heavy atom. The van der Waals surface area contributed by atoms with Gasteiger partial charge < -0.3 is 14.6 Å². The van der Waals surface area contributed by atoms with Crippen LogP contribution in [0.4, 0.5) is 0 Å². The summed E-state index contributed by atoms with van der Waals surface area (Å²) in [5.74, 6) is -0.379.